The van der Waals surface area contributed by atoms with Crippen molar-refractivity contribution in [1.82, 2.24) is 4.90 Å². The predicted molar refractivity (Wildman–Crippen MR) is 119 cm³/mol. The maximum atomic E-state index is 13.0. The average molecular weight is 418 g/mol. The standard InChI is InChI=1S/C25H23NO3S/c1-17-13-21-20(15-26(16-28-21)11-5-9-18-7-3-2-4-8-18)25-23(17)24(27)22(29-25)14-19-10-6-12-30-19/h2-4,6-8,10,12-14H,5,9,11,15-16H2,1H3/b22-14-. The molecule has 5 heteroatoms. The van der Waals surface area contributed by atoms with E-state index in [1.54, 1.807) is 11.3 Å². The van der Waals surface area contributed by atoms with Crippen LogP contribution in [0.4, 0.5) is 0 Å². The summed E-state index contributed by atoms with van der Waals surface area (Å²) in [5.41, 5.74) is 3.90. The Hall–Kier alpha value is -2.89. The van der Waals surface area contributed by atoms with Crippen molar-refractivity contribution in [2.45, 2.75) is 26.3 Å². The Kier molecular flexibility index (Phi) is 5.15. The summed E-state index contributed by atoms with van der Waals surface area (Å²) < 4.78 is 12.1. The molecule has 0 spiro atoms. The van der Waals surface area contributed by atoms with Gasteiger partial charge in [0.05, 0.1) is 11.1 Å². The third kappa shape index (κ3) is 3.66. The van der Waals surface area contributed by atoms with Crippen molar-refractivity contribution >= 4 is 23.2 Å². The van der Waals surface area contributed by atoms with Gasteiger partial charge in [-0.05, 0) is 48.4 Å². The van der Waals surface area contributed by atoms with Gasteiger partial charge in [0.15, 0.2) is 5.76 Å². The second kappa shape index (κ2) is 8.09. The fraction of sp³-hybridized carbons (Fsp3) is 0.240. The lowest BCUT2D eigenvalue weighted by atomic mass is 9.98. The normalized spacial score (nSPS) is 16.8. The number of allylic oxidation sites excluding steroid dienone is 1. The van der Waals surface area contributed by atoms with E-state index in [-0.39, 0.29) is 5.78 Å². The van der Waals surface area contributed by atoms with Crippen molar-refractivity contribution in [1.29, 1.82) is 0 Å². The highest BCUT2D eigenvalue weighted by Gasteiger charge is 2.35. The quantitative estimate of drug-likeness (QED) is 0.517. The largest absolute Gasteiger partial charge is 0.478 e. The molecule has 3 aromatic rings. The molecule has 3 heterocycles. The summed E-state index contributed by atoms with van der Waals surface area (Å²) in [5.74, 6) is 1.85. The van der Waals surface area contributed by atoms with Gasteiger partial charge >= 0.3 is 0 Å². The van der Waals surface area contributed by atoms with E-state index in [2.05, 4.69) is 29.2 Å². The second-order valence-electron chi connectivity index (χ2n) is 7.74. The van der Waals surface area contributed by atoms with Gasteiger partial charge in [0.25, 0.3) is 0 Å². The smallest absolute Gasteiger partial charge is 0.232 e. The lowest BCUT2D eigenvalue weighted by Gasteiger charge is -2.30. The molecule has 0 aliphatic carbocycles. The molecule has 0 atom stereocenters. The first-order chi connectivity index (χ1) is 14.7. The lowest BCUT2D eigenvalue weighted by molar-refractivity contribution is 0.0928. The van der Waals surface area contributed by atoms with Crippen LogP contribution in [0.3, 0.4) is 0 Å². The number of ketones is 1. The molecule has 0 unspecified atom stereocenters. The third-order valence-electron chi connectivity index (χ3n) is 5.59. The summed E-state index contributed by atoms with van der Waals surface area (Å²) >= 11 is 1.59. The van der Waals surface area contributed by atoms with Crippen LogP contribution in [0.25, 0.3) is 6.08 Å². The number of ether oxygens (including phenoxy) is 2. The van der Waals surface area contributed by atoms with Crippen LogP contribution in [0.15, 0.2) is 59.7 Å². The van der Waals surface area contributed by atoms with E-state index in [0.717, 1.165) is 47.7 Å². The number of fused-ring (bicyclic) bond motifs is 3. The number of nitrogens with zero attached hydrogens (tertiary/aromatic N) is 1. The maximum Gasteiger partial charge on any atom is 0.232 e. The summed E-state index contributed by atoms with van der Waals surface area (Å²) in [7, 11) is 0. The van der Waals surface area contributed by atoms with E-state index in [1.807, 2.05) is 42.6 Å². The molecule has 1 aromatic heterocycles. The zero-order valence-electron chi connectivity index (χ0n) is 16.9. The first-order valence-electron chi connectivity index (χ1n) is 10.2. The van der Waals surface area contributed by atoms with Crippen molar-refractivity contribution in [3.63, 3.8) is 0 Å². The van der Waals surface area contributed by atoms with E-state index < -0.39 is 0 Å². The summed E-state index contributed by atoms with van der Waals surface area (Å²) in [6, 6.07) is 16.5. The van der Waals surface area contributed by atoms with Gasteiger partial charge in [-0.3, -0.25) is 9.69 Å². The van der Waals surface area contributed by atoms with Gasteiger partial charge in [0.1, 0.15) is 18.2 Å². The number of rotatable bonds is 5. The summed E-state index contributed by atoms with van der Waals surface area (Å²) in [6.07, 6.45) is 3.93. The molecular formula is C25H23NO3S. The van der Waals surface area contributed by atoms with Gasteiger partial charge in [-0.15, -0.1) is 11.3 Å². The number of thiophene rings is 1. The molecule has 0 bridgehead atoms. The molecule has 2 aromatic carbocycles. The van der Waals surface area contributed by atoms with Crippen molar-refractivity contribution in [3.05, 3.63) is 86.8 Å². The summed E-state index contributed by atoms with van der Waals surface area (Å²) in [4.78, 5) is 16.3. The van der Waals surface area contributed by atoms with E-state index in [0.29, 0.717) is 23.8 Å². The maximum absolute atomic E-state index is 13.0. The van der Waals surface area contributed by atoms with Gasteiger partial charge in [-0.1, -0.05) is 36.4 Å². The SMILES string of the molecule is Cc1cc2c(c3c1C(=O)/C(=C/c1cccs1)O3)CN(CCCc1ccccc1)CO2. The van der Waals surface area contributed by atoms with Crippen LogP contribution in [0, 0.1) is 6.92 Å². The minimum absolute atomic E-state index is 0.0418. The average Bonchev–Trinajstić information content (AvgIpc) is 3.38. The van der Waals surface area contributed by atoms with Gasteiger partial charge in [-0.2, -0.15) is 0 Å². The molecular weight excluding hydrogens is 394 g/mol. The van der Waals surface area contributed by atoms with E-state index >= 15 is 0 Å². The van der Waals surface area contributed by atoms with Crippen LogP contribution in [0.1, 0.15) is 38.3 Å². The first kappa shape index (κ1) is 19.1. The molecule has 0 amide bonds. The van der Waals surface area contributed by atoms with Gasteiger partial charge in [0.2, 0.25) is 5.78 Å². The zero-order chi connectivity index (χ0) is 20.5. The number of Topliss-reactive ketones (excluding diaryl/α,β-unsaturated/α-hetero) is 1. The third-order valence-corrected chi connectivity index (χ3v) is 6.41. The van der Waals surface area contributed by atoms with Crippen molar-refractivity contribution in [3.8, 4) is 11.5 Å². The number of aryl methyl sites for hydroxylation is 2. The highest BCUT2D eigenvalue weighted by molar-refractivity contribution is 7.10. The van der Waals surface area contributed by atoms with Crippen LogP contribution in [0.2, 0.25) is 0 Å². The van der Waals surface area contributed by atoms with Crippen LogP contribution in [-0.4, -0.2) is 24.0 Å². The Morgan fingerprint density at radius 1 is 1.17 bits per heavy atom. The minimum atomic E-state index is -0.0418. The van der Waals surface area contributed by atoms with Crippen molar-refractivity contribution in [2.24, 2.45) is 0 Å². The monoisotopic (exact) mass is 417 g/mol. The van der Waals surface area contributed by atoms with E-state index in [9.17, 15) is 4.79 Å². The van der Waals surface area contributed by atoms with Crippen LogP contribution >= 0.6 is 11.3 Å². The molecule has 0 radical (unpaired) electrons. The number of hydrogen-bond donors (Lipinski definition) is 0. The highest BCUT2D eigenvalue weighted by atomic mass is 32.1. The summed E-state index contributed by atoms with van der Waals surface area (Å²) in [5, 5.41) is 1.99. The number of carbonyl (C=O) groups is 1. The Bertz CT molecular complexity index is 1100. The Balaban J connectivity index is 1.35. The van der Waals surface area contributed by atoms with Crippen LogP contribution in [-0.2, 0) is 13.0 Å². The molecule has 0 saturated heterocycles. The molecule has 152 valence electrons. The van der Waals surface area contributed by atoms with Crippen molar-refractivity contribution < 1.29 is 14.3 Å². The van der Waals surface area contributed by atoms with Crippen LogP contribution in [0.5, 0.6) is 11.5 Å². The molecule has 2 aliphatic rings. The fourth-order valence-corrected chi connectivity index (χ4v) is 4.72. The van der Waals surface area contributed by atoms with Crippen molar-refractivity contribution in [2.75, 3.05) is 13.3 Å². The molecule has 4 nitrogen and oxygen atoms in total. The second-order valence-corrected chi connectivity index (χ2v) is 8.72. The molecule has 0 N–H and O–H groups in total. The fourth-order valence-electron chi connectivity index (χ4n) is 4.07. The minimum Gasteiger partial charge on any atom is -0.478 e. The summed E-state index contributed by atoms with van der Waals surface area (Å²) in [6.45, 7) is 4.17. The molecule has 2 aliphatic heterocycles. The van der Waals surface area contributed by atoms with Gasteiger partial charge in [0, 0.05) is 24.0 Å². The molecule has 0 saturated carbocycles. The van der Waals surface area contributed by atoms with E-state index in [4.69, 9.17) is 9.47 Å². The van der Waals surface area contributed by atoms with E-state index in [1.165, 1.54) is 5.56 Å². The molecule has 30 heavy (non-hydrogen) atoms. The Labute approximate surface area is 180 Å². The van der Waals surface area contributed by atoms with Crippen LogP contribution < -0.4 is 9.47 Å². The number of hydrogen-bond acceptors (Lipinski definition) is 5. The molecule has 5 rings (SSSR count). The lowest BCUT2D eigenvalue weighted by Crippen LogP contribution is -2.33. The Morgan fingerprint density at radius 3 is 2.83 bits per heavy atom. The topological polar surface area (TPSA) is 38.8 Å². The van der Waals surface area contributed by atoms with Gasteiger partial charge < -0.3 is 9.47 Å². The number of benzene rings is 2. The first-order valence-corrected chi connectivity index (χ1v) is 11.1. The predicted octanol–water partition coefficient (Wildman–Crippen LogP) is 5.46. The van der Waals surface area contributed by atoms with Gasteiger partial charge in [-0.25, -0.2) is 0 Å². The zero-order valence-corrected chi connectivity index (χ0v) is 17.7. The Morgan fingerprint density at radius 2 is 2.03 bits per heavy atom. The number of carbonyl (C=O) groups excluding carboxylic acids is 1. The molecule has 0 fully saturated rings. The highest BCUT2D eigenvalue weighted by Crippen LogP contribution is 2.44.